The van der Waals surface area contributed by atoms with Gasteiger partial charge in [-0.1, -0.05) is 26.1 Å². The third kappa shape index (κ3) is 5.74. The van der Waals surface area contributed by atoms with Crippen molar-refractivity contribution in [3.05, 3.63) is 25.3 Å². The molecule has 7 heterocycles. The summed E-state index contributed by atoms with van der Waals surface area (Å²) in [6.45, 7) is -5.75. The van der Waals surface area contributed by atoms with Gasteiger partial charge in [0.2, 0.25) is 0 Å². The first-order valence-electron chi connectivity index (χ1n) is 14.5. The number of nitrogen functional groups attached to an aromatic ring is 2. The Morgan fingerprint density at radius 3 is 2.23 bits per heavy atom. The maximum absolute atomic E-state index is 16.1. The topological polar surface area (TPSA) is 232 Å². The third-order valence-electron chi connectivity index (χ3n) is 8.66. The molecule has 47 heavy (non-hydrogen) atoms. The molecule has 3 saturated heterocycles. The van der Waals surface area contributed by atoms with Gasteiger partial charge in [0.1, 0.15) is 53.8 Å². The Labute approximate surface area is 276 Å². The van der Waals surface area contributed by atoms with Crippen LogP contribution in [0.5, 0.6) is 0 Å². The summed E-state index contributed by atoms with van der Waals surface area (Å²) in [4.78, 5) is 36.4. The first-order chi connectivity index (χ1) is 22.4. The molecular weight excluding hydrogens is 701 g/mol. The molecular formula is C24H31FN10O8P2S2. The second-order valence-electron chi connectivity index (χ2n) is 11.3. The fourth-order valence-electron chi connectivity index (χ4n) is 6.29. The standard InChI is InChI=1S/C24H31FN10O8P2S2/c1-3-11-17-24(4-2,41-22(11)34-9-32-14-18(26)28-7-30-20(14)34)6-39-45(37,47)42-16-13(25)12(5-38-44(36,46)43-17)40-23(16)35-10-33-15-19(27)29-8-31-21(15)35/h7-13,16-17,22-23H,3-6H2,1-2H3,(H,36,46)(H,37,47)(H2,26,28,30)(H2,27,29,31)/t11-,12-,13-,16-,17+,22-,23-,24-,44?,45?/m1/s1. The van der Waals surface area contributed by atoms with E-state index in [0.29, 0.717) is 17.6 Å². The molecule has 4 aromatic heterocycles. The summed E-state index contributed by atoms with van der Waals surface area (Å²) in [5.74, 6) is -0.237. The molecule has 2 unspecified atom stereocenters. The molecule has 3 aliphatic heterocycles. The lowest BCUT2D eigenvalue weighted by Gasteiger charge is -2.36. The number of fused-ring (bicyclic) bond motifs is 5. The summed E-state index contributed by atoms with van der Waals surface area (Å²) in [6.07, 6.45) is -1.88. The number of nitrogens with zero attached hydrogens (tertiary/aromatic N) is 8. The molecule has 254 valence electrons. The minimum Gasteiger partial charge on any atom is -0.382 e. The van der Waals surface area contributed by atoms with Crippen LogP contribution in [0.15, 0.2) is 25.3 Å². The molecule has 0 spiro atoms. The SMILES string of the molecule is CC[C@H]1[C@H](n2cnc3c(N)ncnc32)O[C@]2(CC)COP(O)(=S)O[C@@H]3[C@H](F)[C@@H](COP(=O)(S)O[C@@H]12)O[C@H]3n1cnc2c(N)ncnc21. The van der Waals surface area contributed by atoms with Crippen LogP contribution in [-0.4, -0.2) is 87.2 Å². The second kappa shape index (κ2) is 12.2. The van der Waals surface area contributed by atoms with E-state index in [-0.39, 0.29) is 29.2 Å². The highest BCUT2D eigenvalue weighted by molar-refractivity contribution is 8.44. The van der Waals surface area contributed by atoms with Gasteiger partial charge in [0.05, 0.1) is 25.9 Å². The van der Waals surface area contributed by atoms with Crippen LogP contribution in [0.2, 0.25) is 0 Å². The van der Waals surface area contributed by atoms with Crippen molar-refractivity contribution in [2.45, 2.75) is 69.2 Å². The maximum atomic E-state index is 16.1. The van der Waals surface area contributed by atoms with Gasteiger partial charge >= 0.3 is 13.5 Å². The Morgan fingerprint density at radius 1 is 1.02 bits per heavy atom. The van der Waals surface area contributed by atoms with E-state index in [1.54, 1.807) is 11.5 Å². The lowest BCUT2D eigenvalue weighted by Crippen LogP contribution is -2.46. The quantitative estimate of drug-likeness (QED) is 0.174. The van der Waals surface area contributed by atoms with E-state index in [9.17, 15) is 9.46 Å². The van der Waals surface area contributed by atoms with Crippen molar-refractivity contribution in [3.63, 3.8) is 0 Å². The zero-order chi connectivity index (χ0) is 33.3. The van der Waals surface area contributed by atoms with Crippen molar-refractivity contribution in [2.24, 2.45) is 5.92 Å². The molecule has 0 aliphatic carbocycles. The van der Waals surface area contributed by atoms with Crippen LogP contribution in [0, 0.1) is 5.92 Å². The van der Waals surface area contributed by atoms with Crippen molar-refractivity contribution in [1.82, 2.24) is 39.0 Å². The molecule has 10 atom stereocenters. The smallest absolute Gasteiger partial charge is 0.382 e. The minimum atomic E-state index is -4.24. The molecule has 0 aromatic carbocycles. The van der Waals surface area contributed by atoms with Gasteiger partial charge in [-0.15, -0.1) is 0 Å². The van der Waals surface area contributed by atoms with Crippen LogP contribution in [0.3, 0.4) is 0 Å². The average Bonchev–Trinajstić information content (AvgIpc) is 3.79. The Morgan fingerprint density at radius 2 is 1.64 bits per heavy atom. The van der Waals surface area contributed by atoms with Crippen LogP contribution in [0.4, 0.5) is 16.0 Å². The van der Waals surface area contributed by atoms with Gasteiger partial charge in [-0.25, -0.2) is 38.9 Å². The summed E-state index contributed by atoms with van der Waals surface area (Å²) < 4.78 is 69.1. The van der Waals surface area contributed by atoms with Gasteiger partial charge in [-0.05, 0) is 24.6 Å². The molecule has 0 saturated carbocycles. The molecule has 4 aromatic rings. The maximum Gasteiger partial charge on any atom is 0.386 e. The summed E-state index contributed by atoms with van der Waals surface area (Å²) >= 11 is 9.66. The molecule has 3 aliphatic rings. The predicted octanol–water partition coefficient (Wildman–Crippen LogP) is 2.84. The van der Waals surface area contributed by atoms with E-state index >= 15 is 4.39 Å². The minimum absolute atomic E-state index is 0.0890. The van der Waals surface area contributed by atoms with E-state index in [1.807, 2.05) is 6.92 Å². The highest BCUT2D eigenvalue weighted by atomic mass is 32.7. The Hall–Kier alpha value is -2.42. The number of thiol groups is 1. The molecule has 0 radical (unpaired) electrons. The summed E-state index contributed by atoms with van der Waals surface area (Å²) in [5, 5.41) is 0. The second-order valence-corrected chi connectivity index (χ2v) is 16.9. The molecule has 7 rings (SSSR count). The fourth-order valence-corrected chi connectivity index (χ4v) is 9.25. The Kier molecular flexibility index (Phi) is 8.57. The number of rotatable bonds is 4. The summed E-state index contributed by atoms with van der Waals surface area (Å²) in [5.41, 5.74) is 11.8. The van der Waals surface area contributed by atoms with Gasteiger partial charge in [0.15, 0.2) is 35.3 Å². The van der Waals surface area contributed by atoms with Crippen molar-refractivity contribution < 1.29 is 41.4 Å². The molecule has 0 amide bonds. The van der Waals surface area contributed by atoms with Crippen LogP contribution in [0.1, 0.15) is 39.1 Å². The summed E-state index contributed by atoms with van der Waals surface area (Å²) in [7, 11) is 0. The van der Waals surface area contributed by atoms with Gasteiger partial charge < -0.3 is 30.4 Å². The van der Waals surface area contributed by atoms with E-state index in [1.165, 1.54) is 29.9 Å². The number of alkyl halides is 1. The molecule has 3 fully saturated rings. The summed E-state index contributed by atoms with van der Waals surface area (Å²) in [6, 6.07) is 0. The first kappa shape index (κ1) is 33.1. The number of nitrogens with two attached hydrogens (primary N) is 2. The molecule has 5 N–H and O–H groups in total. The fraction of sp³-hybridized carbons (Fsp3) is 0.583. The highest BCUT2D eigenvalue weighted by Gasteiger charge is 2.59. The first-order valence-corrected chi connectivity index (χ1v) is 19.8. The van der Waals surface area contributed by atoms with Crippen LogP contribution < -0.4 is 11.5 Å². The third-order valence-corrected chi connectivity index (χ3v) is 11.8. The van der Waals surface area contributed by atoms with Crippen LogP contribution in [-0.2, 0) is 43.9 Å². The Balaban J connectivity index is 1.26. The number of imidazole rings is 2. The van der Waals surface area contributed by atoms with Crippen molar-refractivity contribution in [1.29, 1.82) is 0 Å². The number of aromatic nitrogens is 8. The van der Waals surface area contributed by atoms with Gasteiger partial charge in [-0.2, -0.15) is 0 Å². The zero-order valence-electron chi connectivity index (χ0n) is 24.8. The van der Waals surface area contributed by atoms with Crippen molar-refractivity contribution >= 4 is 71.5 Å². The Bertz CT molecular complexity index is 1920. The van der Waals surface area contributed by atoms with Gasteiger partial charge in [-0.3, -0.25) is 22.7 Å². The number of hydrogen-bond acceptors (Lipinski definition) is 16. The predicted molar refractivity (Wildman–Crippen MR) is 170 cm³/mol. The van der Waals surface area contributed by atoms with E-state index in [2.05, 4.69) is 42.2 Å². The largest absolute Gasteiger partial charge is 0.386 e. The lowest BCUT2D eigenvalue weighted by atomic mass is 9.87. The van der Waals surface area contributed by atoms with Crippen LogP contribution in [0.25, 0.3) is 22.3 Å². The van der Waals surface area contributed by atoms with Gasteiger partial charge in [0, 0.05) is 5.92 Å². The van der Waals surface area contributed by atoms with E-state index in [4.69, 9.17) is 50.8 Å². The highest BCUT2D eigenvalue weighted by Crippen LogP contribution is 2.61. The number of hydrogen-bond donors (Lipinski definition) is 4. The zero-order valence-corrected chi connectivity index (χ0v) is 28.3. The van der Waals surface area contributed by atoms with E-state index < -0.39 is 75.2 Å². The van der Waals surface area contributed by atoms with E-state index in [0.717, 1.165) is 0 Å². The number of ether oxygens (including phenoxy) is 2. The van der Waals surface area contributed by atoms with Crippen LogP contribution >= 0.6 is 25.8 Å². The molecule has 23 heteroatoms. The molecule has 2 bridgehead atoms. The normalized spacial score (nSPS) is 38.2. The number of anilines is 2. The monoisotopic (exact) mass is 732 g/mol. The number of halogens is 1. The average molecular weight is 733 g/mol. The van der Waals surface area contributed by atoms with Crippen molar-refractivity contribution in [3.8, 4) is 0 Å². The van der Waals surface area contributed by atoms with Gasteiger partial charge in [0.25, 0.3) is 0 Å². The molecule has 18 nitrogen and oxygen atoms in total. The lowest BCUT2D eigenvalue weighted by molar-refractivity contribution is -0.124. The van der Waals surface area contributed by atoms with Crippen molar-refractivity contribution in [2.75, 3.05) is 24.7 Å².